The molecule has 0 unspecified atom stereocenters. The fourth-order valence-electron chi connectivity index (χ4n) is 3.75. The Morgan fingerprint density at radius 3 is 2.64 bits per heavy atom. The molecule has 0 bridgehead atoms. The van der Waals surface area contributed by atoms with Crippen LogP contribution in [0.4, 0.5) is 5.82 Å². The normalized spacial score (nSPS) is 15.4. The van der Waals surface area contributed by atoms with Crippen LogP contribution in [0.25, 0.3) is 16.9 Å². The predicted molar refractivity (Wildman–Crippen MR) is 109 cm³/mol. The second-order valence-corrected chi connectivity index (χ2v) is 7.47. The second-order valence-electron chi connectivity index (χ2n) is 7.47. The third-order valence-electron chi connectivity index (χ3n) is 5.17. The molecule has 0 atom stereocenters. The topological polar surface area (TPSA) is 64.8 Å². The first-order chi connectivity index (χ1) is 13.5. The van der Waals surface area contributed by atoms with Gasteiger partial charge in [0.1, 0.15) is 5.60 Å². The summed E-state index contributed by atoms with van der Waals surface area (Å²) in [5.41, 5.74) is 4.41. The molecule has 0 N–H and O–H groups in total. The summed E-state index contributed by atoms with van der Waals surface area (Å²) in [6.45, 7) is 11.9. The lowest BCUT2D eigenvalue weighted by Gasteiger charge is -2.27. The van der Waals surface area contributed by atoms with E-state index in [1.165, 1.54) is 0 Å². The van der Waals surface area contributed by atoms with Crippen molar-refractivity contribution in [3.8, 4) is 11.3 Å². The van der Waals surface area contributed by atoms with Crippen LogP contribution < -0.4 is 4.90 Å². The molecule has 7 heteroatoms. The maximum absolute atomic E-state index is 5.82. The molecule has 4 heterocycles. The molecule has 0 aliphatic carbocycles. The van der Waals surface area contributed by atoms with Crippen LogP contribution >= 0.6 is 0 Å². The quantitative estimate of drug-likeness (QED) is 0.676. The van der Waals surface area contributed by atoms with Gasteiger partial charge in [0.15, 0.2) is 11.5 Å². The number of aryl methyl sites for hydroxylation is 1. The maximum atomic E-state index is 5.82. The van der Waals surface area contributed by atoms with E-state index in [9.17, 15) is 0 Å². The monoisotopic (exact) mass is 381 g/mol. The van der Waals surface area contributed by atoms with Crippen LogP contribution in [0.15, 0.2) is 30.7 Å². The molecule has 0 saturated carbocycles. The van der Waals surface area contributed by atoms with Crippen molar-refractivity contribution in [1.29, 1.82) is 0 Å². The molecule has 3 aromatic heterocycles. The van der Waals surface area contributed by atoms with Gasteiger partial charge in [-0.2, -0.15) is 0 Å². The van der Waals surface area contributed by atoms with Gasteiger partial charge in [0, 0.05) is 43.9 Å². The number of hydrogen-bond acceptors (Lipinski definition) is 6. The summed E-state index contributed by atoms with van der Waals surface area (Å²) in [6.07, 6.45) is 5.70. The molecule has 0 amide bonds. The molecule has 0 aromatic carbocycles. The lowest BCUT2D eigenvalue weighted by Crippen LogP contribution is -2.37. The fourth-order valence-corrected chi connectivity index (χ4v) is 3.75. The van der Waals surface area contributed by atoms with Crippen molar-refractivity contribution in [2.24, 2.45) is 0 Å². The molecular formula is C21H27N5O2. The number of ether oxygens (including phenoxy) is 2. The zero-order valence-electron chi connectivity index (χ0n) is 17.0. The van der Waals surface area contributed by atoms with E-state index in [1.54, 1.807) is 0 Å². The van der Waals surface area contributed by atoms with E-state index >= 15 is 0 Å². The average molecular weight is 381 g/mol. The highest BCUT2D eigenvalue weighted by atomic mass is 16.5. The summed E-state index contributed by atoms with van der Waals surface area (Å²) in [5, 5.41) is 0. The number of pyridine rings is 1. The molecule has 3 aromatic rings. The molecule has 1 saturated heterocycles. The van der Waals surface area contributed by atoms with Gasteiger partial charge in [-0.25, -0.2) is 9.97 Å². The van der Waals surface area contributed by atoms with E-state index in [2.05, 4.69) is 25.3 Å². The molecular weight excluding hydrogens is 354 g/mol. The molecule has 1 aliphatic rings. The van der Waals surface area contributed by atoms with Crippen molar-refractivity contribution in [1.82, 2.24) is 19.4 Å². The van der Waals surface area contributed by atoms with Gasteiger partial charge < -0.3 is 14.4 Å². The predicted octanol–water partition coefficient (Wildman–Crippen LogP) is 3.21. The lowest BCUT2D eigenvalue weighted by atomic mass is 10.0. The highest BCUT2D eigenvalue weighted by Crippen LogP contribution is 2.30. The summed E-state index contributed by atoms with van der Waals surface area (Å²) >= 11 is 0. The van der Waals surface area contributed by atoms with Gasteiger partial charge in [-0.3, -0.25) is 9.38 Å². The van der Waals surface area contributed by atoms with Crippen LogP contribution in [-0.2, 0) is 15.1 Å². The summed E-state index contributed by atoms with van der Waals surface area (Å²) in [7, 11) is 0. The van der Waals surface area contributed by atoms with Crippen LogP contribution in [0, 0.1) is 6.92 Å². The van der Waals surface area contributed by atoms with E-state index in [-0.39, 0.29) is 0 Å². The van der Waals surface area contributed by atoms with Gasteiger partial charge in [0.25, 0.3) is 0 Å². The minimum Gasteiger partial charge on any atom is -0.378 e. The summed E-state index contributed by atoms with van der Waals surface area (Å²) in [4.78, 5) is 16.3. The second kappa shape index (κ2) is 7.48. The Balaban J connectivity index is 1.74. The first kappa shape index (κ1) is 18.8. The van der Waals surface area contributed by atoms with Gasteiger partial charge >= 0.3 is 0 Å². The Kier molecular flexibility index (Phi) is 5.03. The van der Waals surface area contributed by atoms with E-state index in [1.807, 2.05) is 52.4 Å². The van der Waals surface area contributed by atoms with E-state index in [0.717, 1.165) is 60.4 Å². The van der Waals surface area contributed by atoms with Crippen LogP contribution in [0.5, 0.6) is 0 Å². The van der Waals surface area contributed by atoms with Gasteiger partial charge in [-0.15, -0.1) is 0 Å². The van der Waals surface area contributed by atoms with E-state index in [4.69, 9.17) is 14.5 Å². The Morgan fingerprint density at radius 1 is 1.18 bits per heavy atom. The van der Waals surface area contributed by atoms with Crippen LogP contribution in [-0.4, -0.2) is 52.3 Å². The molecule has 1 fully saturated rings. The number of imidazole rings is 1. The Hall–Kier alpha value is -2.51. The van der Waals surface area contributed by atoms with Crippen molar-refractivity contribution in [2.75, 3.05) is 37.8 Å². The number of rotatable bonds is 5. The number of anilines is 1. The minimum atomic E-state index is -0.408. The number of morpholine rings is 1. The highest BCUT2D eigenvalue weighted by molar-refractivity contribution is 5.73. The summed E-state index contributed by atoms with van der Waals surface area (Å²) < 4.78 is 13.4. The van der Waals surface area contributed by atoms with Crippen LogP contribution in [0.1, 0.15) is 32.2 Å². The number of nitrogens with zero attached hydrogens (tertiary/aromatic N) is 5. The van der Waals surface area contributed by atoms with E-state index < -0.39 is 5.60 Å². The number of fused-ring (bicyclic) bond motifs is 1. The smallest absolute Gasteiger partial charge is 0.181 e. The molecule has 7 nitrogen and oxygen atoms in total. The fraction of sp³-hybridized carbons (Fsp3) is 0.476. The number of aromatic nitrogens is 4. The summed E-state index contributed by atoms with van der Waals surface area (Å²) in [5.74, 6) is 0.905. The molecule has 28 heavy (non-hydrogen) atoms. The maximum Gasteiger partial charge on any atom is 0.181 e. The van der Waals surface area contributed by atoms with Gasteiger partial charge in [0.2, 0.25) is 0 Å². The van der Waals surface area contributed by atoms with Crippen molar-refractivity contribution < 1.29 is 9.47 Å². The van der Waals surface area contributed by atoms with Gasteiger partial charge in [-0.05, 0) is 39.8 Å². The van der Waals surface area contributed by atoms with Gasteiger partial charge in [0.05, 0.1) is 30.3 Å². The van der Waals surface area contributed by atoms with Crippen LogP contribution in [0.3, 0.4) is 0 Å². The Bertz CT molecular complexity index is 959. The zero-order chi connectivity index (χ0) is 19.7. The highest BCUT2D eigenvalue weighted by Gasteiger charge is 2.23. The molecule has 1 aliphatic heterocycles. The van der Waals surface area contributed by atoms with Crippen molar-refractivity contribution in [2.45, 2.75) is 33.3 Å². The standard InChI is InChI=1S/C21H27N5O2/c1-5-28-21(3,4)17-7-6-16(14-23-17)18-15(2)24-20-19(22-8-9-26(18)20)25-10-12-27-13-11-25/h6-9,14H,5,10-13H2,1-4H3. The minimum absolute atomic E-state index is 0.408. The largest absolute Gasteiger partial charge is 0.378 e. The molecule has 148 valence electrons. The average Bonchev–Trinajstić information content (AvgIpc) is 3.04. The Morgan fingerprint density at radius 2 is 1.96 bits per heavy atom. The summed E-state index contributed by atoms with van der Waals surface area (Å²) in [6, 6.07) is 4.13. The number of hydrogen-bond donors (Lipinski definition) is 0. The van der Waals surface area contributed by atoms with Crippen molar-refractivity contribution >= 4 is 11.5 Å². The van der Waals surface area contributed by atoms with Crippen LogP contribution in [0.2, 0.25) is 0 Å². The first-order valence-corrected chi connectivity index (χ1v) is 9.78. The molecule has 0 spiro atoms. The lowest BCUT2D eigenvalue weighted by molar-refractivity contribution is -0.0172. The SMILES string of the molecule is CCOC(C)(C)c1ccc(-c2c(C)nc3c(N4CCOCC4)nccn23)cn1. The first-order valence-electron chi connectivity index (χ1n) is 9.78. The third-order valence-corrected chi connectivity index (χ3v) is 5.17. The zero-order valence-corrected chi connectivity index (χ0v) is 17.0. The molecule has 0 radical (unpaired) electrons. The van der Waals surface area contributed by atoms with Gasteiger partial charge in [-0.1, -0.05) is 0 Å². The Labute approximate surface area is 165 Å². The molecule has 4 rings (SSSR count). The van der Waals surface area contributed by atoms with Crippen molar-refractivity contribution in [3.05, 3.63) is 42.1 Å². The third kappa shape index (κ3) is 3.36. The van der Waals surface area contributed by atoms with E-state index in [0.29, 0.717) is 6.61 Å². The van der Waals surface area contributed by atoms with Crippen molar-refractivity contribution in [3.63, 3.8) is 0 Å².